The van der Waals surface area contributed by atoms with Crippen LogP contribution < -0.4 is 10.6 Å². The maximum absolute atomic E-state index is 15.6. The van der Waals surface area contributed by atoms with Gasteiger partial charge in [-0.25, -0.2) is 0 Å². The average Bonchev–Trinajstić information content (AvgIpc) is 3.25. The summed E-state index contributed by atoms with van der Waals surface area (Å²) in [6, 6.07) is 5.81. The van der Waals surface area contributed by atoms with E-state index in [1.54, 1.807) is 22.9 Å². The van der Waals surface area contributed by atoms with Gasteiger partial charge in [0, 0.05) is 6.20 Å². The molecule has 1 amide bonds. The van der Waals surface area contributed by atoms with Crippen molar-refractivity contribution in [2.75, 3.05) is 0 Å². The highest BCUT2D eigenvalue weighted by molar-refractivity contribution is 7.08. The fourth-order valence-electron chi connectivity index (χ4n) is 3.31. The number of nitrogens with one attached hydrogen (secondary N) is 2. The van der Waals surface area contributed by atoms with Crippen LogP contribution >= 0.6 is 11.3 Å². The van der Waals surface area contributed by atoms with Gasteiger partial charge in [-0.05, 0) is 59.2 Å². The van der Waals surface area contributed by atoms with Gasteiger partial charge in [-0.1, -0.05) is 26.8 Å². The third-order valence-electron chi connectivity index (χ3n) is 5.07. The van der Waals surface area contributed by atoms with Gasteiger partial charge in [0.1, 0.15) is 17.3 Å². The van der Waals surface area contributed by atoms with Gasteiger partial charge in [0.15, 0.2) is 0 Å². The summed E-state index contributed by atoms with van der Waals surface area (Å²) in [6.45, 7) is 5.84. The highest BCUT2D eigenvalue weighted by atomic mass is 32.1. The van der Waals surface area contributed by atoms with Gasteiger partial charge in [-0.15, -0.1) is 0 Å². The first-order chi connectivity index (χ1) is 14.1. The second-order valence-electron chi connectivity index (χ2n) is 8.99. The number of nitriles is 1. The molecule has 2 N–H and O–H groups in total. The number of thiophene rings is 1. The topological polar surface area (TPSA) is 77.8 Å². The third kappa shape index (κ3) is 5.21. The molecule has 0 unspecified atom stereocenters. The van der Waals surface area contributed by atoms with E-state index >= 15 is 8.78 Å². The largest absolute Gasteiger partial charge is 0.336 e. The van der Waals surface area contributed by atoms with Gasteiger partial charge in [-0.2, -0.15) is 25.4 Å². The van der Waals surface area contributed by atoms with E-state index in [2.05, 4.69) is 21.7 Å². The number of aromatic nitrogens is 1. The van der Waals surface area contributed by atoms with Crippen LogP contribution in [-0.2, 0) is 10.7 Å². The molecule has 1 fully saturated rings. The summed E-state index contributed by atoms with van der Waals surface area (Å²) in [7, 11) is 0. The van der Waals surface area contributed by atoms with E-state index in [1.165, 1.54) is 29.7 Å². The number of rotatable bonds is 8. The number of amides is 1. The fourth-order valence-corrected chi connectivity index (χ4v) is 4.00. The van der Waals surface area contributed by atoms with Gasteiger partial charge in [0.2, 0.25) is 5.91 Å². The number of pyridine rings is 1. The molecular formula is C22H26F2N4OS. The Bertz CT molecular complexity index is 899. The predicted octanol–water partition coefficient (Wildman–Crippen LogP) is 4.54. The molecule has 160 valence electrons. The van der Waals surface area contributed by atoms with E-state index in [4.69, 9.17) is 0 Å². The minimum Gasteiger partial charge on any atom is -0.336 e. The zero-order valence-corrected chi connectivity index (χ0v) is 18.1. The molecule has 5 nitrogen and oxygen atoms in total. The van der Waals surface area contributed by atoms with Crippen LogP contribution in [0.4, 0.5) is 8.78 Å². The van der Waals surface area contributed by atoms with Crippen LogP contribution in [0.2, 0.25) is 0 Å². The van der Waals surface area contributed by atoms with Crippen LogP contribution in [0.1, 0.15) is 57.3 Å². The van der Waals surface area contributed by atoms with E-state index in [0.29, 0.717) is 24.8 Å². The highest BCUT2D eigenvalue weighted by Gasteiger charge is 2.48. The van der Waals surface area contributed by atoms with E-state index in [0.717, 1.165) is 0 Å². The van der Waals surface area contributed by atoms with Crippen molar-refractivity contribution in [1.29, 1.82) is 5.26 Å². The van der Waals surface area contributed by atoms with Crippen LogP contribution in [0.15, 0.2) is 41.2 Å². The Kier molecular flexibility index (Phi) is 6.25. The Morgan fingerprint density at radius 2 is 2.07 bits per heavy atom. The molecule has 1 saturated carbocycles. The minimum absolute atomic E-state index is 0.294. The first kappa shape index (κ1) is 22.3. The summed E-state index contributed by atoms with van der Waals surface area (Å²) in [5, 5.41) is 18.4. The number of hydrogen-bond donors (Lipinski definition) is 2. The second-order valence-corrected chi connectivity index (χ2v) is 9.77. The van der Waals surface area contributed by atoms with Crippen molar-refractivity contribution >= 4 is 17.2 Å². The summed E-state index contributed by atoms with van der Waals surface area (Å²) in [4.78, 5) is 16.9. The minimum atomic E-state index is -3.34. The SMILES string of the molecule is CC(C)(C)C[C@H](N[C@@H](c1ccsc1)C(F)(F)c1ccccn1)C(=O)NC1(C#N)CC1. The van der Waals surface area contributed by atoms with Crippen molar-refractivity contribution in [1.82, 2.24) is 15.6 Å². The molecule has 0 saturated heterocycles. The second kappa shape index (κ2) is 8.40. The van der Waals surface area contributed by atoms with Crippen molar-refractivity contribution in [2.24, 2.45) is 5.41 Å². The summed E-state index contributed by atoms with van der Waals surface area (Å²) in [5.74, 6) is -3.77. The number of hydrogen-bond acceptors (Lipinski definition) is 5. The summed E-state index contributed by atoms with van der Waals surface area (Å²) in [5.41, 5.74) is -1.13. The molecule has 3 rings (SSSR count). The Morgan fingerprint density at radius 1 is 1.33 bits per heavy atom. The van der Waals surface area contributed by atoms with Gasteiger partial charge in [0.05, 0.1) is 12.1 Å². The standard InChI is InChI=1S/C22H26F2N4OS/c1-20(2,3)12-16(19(29)28-21(14-25)8-9-21)27-18(15-7-11-30-13-15)22(23,24)17-6-4-5-10-26-17/h4-7,10-11,13,16,18,27H,8-9,12H2,1-3H3,(H,28,29)/t16-,18-/m0/s1. The lowest BCUT2D eigenvalue weighted by atomic mass is 9.86. The molecule has 0 aromatic carbocycles. The molecule has 0 spiro atoms. The maximum Gasteiger partial charge on any atom is 0.308 e. The van der Waals surface area contributed by atoms with Crippen LogP contribution in [0.3, 0.4) is 0 Å². The van der Waals surface area contributed by atoms with E-state index < -0.39 is 29.5 Å². The van der Waals surface area contributed by atoms with Crippen molar-refractivity contribution in [2.45, 2.75) is 63.6 Å². The first-order valence-corrected chi connectivity index (χ1v) is 10.8. The van der Waals surface area contributed by atoms with Crippen LogP contribution in [0.5, 0.6) is 0 Å². The molecule has 0 aliphatic heterocycles. The first-order valence-electron chi connectivity index (χ1n) is 9.87. The average molecular weight is 433 g/mol. The monoisotopic (exact) mass is 432 g/mol. The quantitative estimate of drug-likeness (QED) is 0.642. The Balaban J connectivity index is 1.92. The van der Waals surface area contributed by atoms with Crippen molar-refractivity contribution in [3.8, 4) is 6.07 Å². The smallest absolute Gasteiger partial charge is 0.308 e. The van der Waals surface area contributed by atoms with Crippen LogP contribution in [0, 0.1) is 16.7 Å². The Labute approximate surface area is 179 Å². The molecular weight excluding hydrogens is 406 g/mol. The molecule has 2 aromatic heterocycles. The lowest BCUT2D eigenvalue weighted by molar-refractivity contribution is -0.126. The molecule has 30 heavy (non-hydrogen) atoms. The lowest BCUT2D eigenvalue weighted by Crippen LogP contribution is -2.53. The van der Waals surface area contributed by atoms with Crippen LogP contribution in [-0.4, -0.2) is 22.5 Å². The normalized spacial score (nSPS) is 17.6. The third-order valence-corrected chi connectivity index (χ3v) is 5.77. The molecule has 1 aliphatic rings. The lowest BCUT2D eigenvalue weighted by Gasteiger charge is -2.33. The molecule has 2 atom stereocenters. The van der Waals surface area contributed by atoms with Crippen molar-refractivity contribution < 1.29 is 13.6 Å². The number of halogens is 2. The van der Waals surface area contributed by atoms with E-state index in [-0.39, 0.29) is 11.1 Å². The molecule has 1 aliphatic carbocycles. The molecule has 2 aromatic rings. The predicted molar refractivity (Wildman–Crippen MR) is 112 cm³/mol. The van der Waals surface area contributed by atoms with Gasteiger partial charge >= 0.3 is 5.92 Å². The molecule has 2 heterocycles. The molecule has 8 heteroatoms. The Morgan fingerprint density at radius 3 is 2.57 bits per heavy atom. The van der Waals surface area contributed by atoms with Gasteiger partial charge in [0.25, 0.3) is 0 Å². The number of nitrogens with zero attached hydrogens (tertiary/aromatic N) is 2. The van der Waals surface area contributed by atoms with Crippen molar-refractivity contribution in [3.05, 3.63) is 52.5 Å². The number of alkyl halides is 2. The number of carbonyl (C=O) groups is 1. The molecule has 0 radical (unpaired) electrons. The van der Waals surface area contributed by atoms with Crippen LogP contribution in [0.25, 0.3) is 0 Å². The summed E-state index contributed by atoms with van der Waals surface area (Å²) >= 11 is 1.31. The van der Waals surface area contributed by atoms with E-state index in [1.807, 2.05) is 20.8 Å². The van der Waals surface area contributed by atoms with Gasteiger partial charge in [-0.3, -0.25) is 15.1 Å². The summed E-state index contributed by atoms with van der Waals surface area (Å²) in [6.07, 6.45) is 2.82. The fraction of sp³-hybridized carbons (Fsp3) is 0.500. The Hall–Kier alpha value is -2.37. The zero-order valence-electron chi connectivity index (χ0n) is 17.3. The molecule has 0 bridgehead atoms. The maximum atomic E-state index is 15.6. The zero-order chi connectivity index (χ0) is 22.0. The van der Waals surface area contributed by atoms with Crippen molar-refractivity contribution in [3.63, 3.8) is 0 Å². The number of carbonyl (C=O) groups excluding carboxylic acids is 1. The van der Waals surface area contributed by atoms with Gasteiger partial charge < -0.3 is 5.32 Å². The highest BCUT2D eigenvalue weighted by Crippen LogP contribution is 2.41. The van der Waals surface area contributed by atoms with E-state index in [9.17, 15) is 10.1 Å². The summed E-state index contributed by atoms with van der Waals surface area (Å²) < 4.78 is 31.1.